The quantitative estimate of drug-likeness (QED) is 0.842. The smallest absolute Gasteiger partial charge is 0.125 e. The first-order valence-electron chi connectivity index (χ1n) is 5.74. The Morgan fingerprint density at radius 3 is 3.00 bits per heavy atom. The molecule has 1 aromatic carbocycles. The summed E-state index contributed by atoms with van der Waals surface area (Å²) in [4.78, 5) is 0. The van der Waals surface area contributed by atoms with Crippen LogP contribution in [-0.4, -0.2) is 9.78 Å². The number of hydrogen-bond donors (Lipinski definition) is 1. The third-order valence-corrected chi connectivity index (χ3v) is 3.71. The lowest BCUT2D eigenvalue weighted by Gasteiger charge is -2.14. The van der Waals surface area contributed by atoms with E-state index in [1.165, 1.54) is 11.1 Å². The minimum absolute atomic E-state index is 0.260. The molecule has 1 atom stereocenters. The Morgan fingerprint density at radius 1 is 1.47 bits per heavy atom. The molecular weight excluding hydrogens is 234 g/mol. The summed E-state index contributed by atoms with van der Waals surface area (Å²) in [7, 11) is 0. The van der Waals surface area contributed by atoms with Crippen molar-refractivity contribution in [2.24, 2.45) is 0 Å². The first-order valence-corrected chi connectivity index (χ1v) is 6.12. The highest BCUT2D eigenvalue weighted by Crippen LogP contribution is 2.36. The summed E-state index contributed by atoms with van der Waals surface area (Å²) in [6, 6.07) is 6.33. The average molecular weight is 248 g/mol. The van der Waals surface area contributed by atoms with Crippen molar-refractivity contribution in [2.75, 3.05) is 5.73 Å². The number of fused-ring (bicyclic) bond motifs is 1. The van der Waals surface area contributed by atoms with Crippen LogP contribution in [0.2, 0.25) is 5.02 Å². The van der Waals surface area contributed by atoms with Crippen LogP contribution in [-0.2, 0) is 6.42 Å². The van der Waals surface area contributed by atoms with Crippen molar-refractivity contribution in [3.05, 3.63) is 46.1 Å². The van der Waals surface area contributed by atoms with Gasteiger partial charge in [-0.15, -0.1) is 0 Å². The zero-order valence-electron chi connectivity index (χ0n) is 9.65. The van der Waals surface area contributed by atoms with Crippen molar-refractivity contribution in [3.63, 3.8) is 0 Å². The number of aromatic nitrogens is 2. The molecule has 17 heavy (non-hydrogen) atoms. The number of nitrogens with two attached hydrogens (primary N) is 1. The number of halogens is 1. The van der Waals surface area contributed by atoms with Gasteiger partial charge in [0, 0.05) is 10.6 Å². The molecule has 0 radical (unpaired) electrons. The van der Waals surface area contributed by atoms with E-state index in [2.05, 4.69) is 11.2 Å². The van der Waals surface area contributed by atoms with Crippen LogP contribution >= 0.6 is 11.6 Å². The van der Waals surface area contributed by atoms with Gasteiger partial charge in [-0.2, -0.15) is 5.10 Å². The molecule has 0 fully saturated rings. The van der Waals surface area contributed by atoms with Crippen LogP contribution in [0.3, 0.4) is 0 Å². The summed E-state index contributed by atoms with van der Waals surface area (Å²) in [5, 5.41) is 5.18. The van der Waals surface area contributed by atoms with Crippen LogP contribution < -0.4 is 5.73 Å². The monoisotopic (exact) mass is 247 g/mol. The van der Waals surface area contributed by atoms with Gasteiger partial charge in [0.25, 0.3) is 0 Å². The van der Waals surface area contributed by atoms with Crippen LogP contribution in [0.1, 0.15) is 29.2 Å². The Labute approximate surface area is 105 Å². The van der Waals surface area contributed by atoms with Gasteiger partial charge in [0.05, 0.1) is 12.2 Å². The fraction of sp³-hybridized carbons (Fsp3) is 0.308. The predicted octanol–water partition coefficient (Wildman–Crippen LogP) is 2.96. The van der Waals surface area contributed by atoms with Crippen molar-refractivity contribution in [1.29, 1.82) is 0 Å². The second-order valence-electron chi connectivity index (χ2n) is 4.56. The molecule has 3 nitrogen and oxygen atoms in total. The van der Waals surface area contributed by atoms with Gasteiger partial charge in [-0.05, 0) is 43.0 Å². The normalized spacial score (nSPS) is 18.4. The molecule has 88 valence electrons. The number of benzene rings is 1. The van der Waals surface area contributed by atoms with E-state index in [1.807, 2.05) is 29.9 Å². The molecule has 1 unspecified atom stereocenters. The number of hydrogen-bond acceptors (Lipinski definition) is 2. The second-order valence-corrected chi connectivity index (χ2v) is 4.99. The van der Waals surface area contributed by atoms with E-state index in [0.717, 1.165) is 29.2 Å². The van der Waals surface area contributed by atoms with E-state index < -0.39 is 0 Å². The van der Waals surface area contributed by atoms with Crippen molar-refractivity contribution < 1.29 is 0 Å². The zero-order valence-corrected chi connectivity index (χ0v) is 10.4. The summed E-state index contributed by atoms with van der Waals surface area (Å²) in [5.74, 6) is 0.762. The van der Waals surface area contributed by atoms with Crippen LogP contribution in [0.25, 0.3) is 0 Å². The van der Waals surface area contributed by atoms with Crippen LogP contribution in [0.4, 0.5) is 5.82 Å². The molecule has 0 bridgehead atoms. The molecule has 2 N–H and O–H groups in total. The first kappa shape index (κ1) is 10.7. The van der Waals surface area contributed by atoms with Gasteiger partial charge in [-0.3, -0.25) is 0 Å². The molecule has 1 aromatic heterocycles. The first-order chi connectivity index (χ1) is 8.16. The molecule has 3 rings (SSSR count). The molecule has 1 aliphatic rings. The minimum atomic E-state index is 0.260. The highest BCUT2D eigenvalue weighted by atomic mass is 35.5. The summed E-state index contributed by atoms with van der Waals surface area (Å²) < 4.78 is 1.93. The van der Waals surface area contributed by atoms with Crippen LogP contribution in [0, 0.1) is 6.92 Å². The summed E-state index contributed by atoms with van der Waals surface area (Å²) >= 11 is 6.01. The number of nitrogen functional groups attached to an aromatic ring is 1. The fourth-order valence-electron chi connectivity index (χ4n) is 2.52. The molecule has 0 amide bonds. The van der Waals surface area contributed by atoms with Gasteiger partial charge in [-0.1, -0.05) is 17.7 Å². The lowest BCUT2D eigenvalue weighted by Crippen LogP contribution is -2.12. The van der Waals surface area contributed by atoms with Crippen molar-refractivity contribution >= 4 is 17.4 Å². The Balaban J connectivity index is 2.07. The second kappa shape index (κ2) is 3.77. The van der Waals surface area contributed by atoms with Crippen molar-refractivity contribution in [2.45, 2.75) is 25.8 Å². The molecule has 1 aliphatic carbocycles. The SMILES string of the molecule is Cc1cnn(C2CCc3cc(Cl)ccc32)c1N. The maximum atomic E-state index is 6.04. The van der Waals surface area contributed by atoms with E-state index in [1.54, 1.807) is 0 Å². The largest absolute Gasteiger partial charge is 0.384 e. The number of aryl methyl sites for hydroxylation is 2. The topological polar surface area (TPSA) is 43.8 Å². The van der Waals surface area contributed by atoms with E-state index in [9.17, 15) is 0 Å². The van der Waals surface area contributed by atoms with E-state index in [-0.39, 0.29) is 6.04 Å². The predicted molar refractivity (Wildman–Crippen MR) is 69.3 cm³/mol. The Bertz CT molecular complexity index is 574. The zero-order chi connectivity index (χ0) is 12.0. The minimum Gasteiger partial charge on any atom is -0.384 e. The van der Waals surface area contributed by atoms with Crippen LogP contribution in [0.15, 0.2) is 24.4 Å². The highest BCUT2D eigenvalue weighted by Gasteiger charge is 2.26. The fourth-order valence-corrected chi connectivity index (χ4v) is 2.72. The molecule has 0 spiro atoms. The van der Waals surface area contributed by atoms with E-state index in [4.69, 9.17) is 17.3 Å². The Hall–Kier alpha value is -1.48. The molecule has 1 heterocycles. The summed E-state index contributed by atoms with van der Waals surface area (Å²) in [6.45, 7) is 1.98. The van der Waals surface area contributed by atoms with E-state index >= 15 is 0 Å². The summed E-state index contributed by atoms with van der Waals surface area (Å²) in [6.07, 6.45) is 3.91. The Morgan fingerprint density at radius 2 is 2.29 bits per heavy atom. The van der Waals surface area contributed by atoms with Gasteiger partial charge >= 0.3 is 0 Å². The van der Waals surface area contributed by atoms with Gasteiger partial charge in [0.2, 0.25) is 0 Å². The Kier molecular flexibility index (Phi) is 2.37. The lowest BCUT2D eigenvalue weighted by molar-refractivity contribution is 0.527. The molecular formula is C13H14ClN3. The highest BCUT2D eigenvalue weighted by molar-refractivity contribution is 6.30. The molecule has 0 aliphatic heterocycles. The van der Waals surface area contributed by atoms with Gasteiger partial charge < -0.3 is 5.73 Å². The average Bonchev–Trinajstić information content (AvgIpc) is 2.84. The standard InChI is InChI=1S/C13H14ClN3/c1-8-7-16-17(13(8)15)12-5-2-9-6-10(14)3-4-11(9)12/h3-4,6-7,12H,2,5,15H2,1H3. The molecule has 2 aromatic rings. The van der Waals surface area contributed by atoms with E-state index in [0.29, 0.717) is 0 Å². The molecule has 4 heteroatoms. The molecule has 0 saturated carbocycles. The van der Waals surface area contributed by atoms with Gasteiger partial charge in [0.1, 0.15) is 5.82 Å². The van der Waals surface area contributed by atoms with Crippen LogP contribution in [0.5, 0.6) is 0 Å². The summed E-state index contributed by atoms with van der Waals surface area (Å²) in [5.41, 5.74) is 9.69. The number of nitrogens with zero attached hydrogens (tertiary/aromatic N) is 2. The van der Waals surface area contributed by atoms with Gasteiger partial charge in [0.15, 0.2) is 0 Å². The third-order valence-electron chi connectivity index (χ3n) is 3.47. The van der Waals surface area contributed by atoms with Crippen molar-refractivity contribution in [3.8, 4) is 0 Å². The van der Waals surface area contributed by atoms with Gasteiger partial charge in [-0.25, -0.2) is 4.68 Å². The molecule has 0 saturated heterocycles. The lowest BCUT2D eigenvalue weighted by atomic mass is 10.1. The maximum absolute atomic E-state index is 6.04. The number of anilines is 1. The third kappa shape index (κ3) is 1.62. The van der Waals surface area contributed by atoms with Crippen molar-refractivity contribution in [1.82, 2.24) is 9.78 Å². The number of rotatable bonds is 1. The maximum Gasteiger partial charge on any atom is 0.125 e.